The molecule has 4 heteroatoms. The summed E-state index contributed by atoms with van der Waals surface area (Å²) in [5.74, 6) is 0.493. The Bertz CT molecular complexity index is 638. The van der Waals surface area contributed by atoms with Crippen LogP contribution in [0.15, 0.2) is 24.3 Å². The minimum atomic E-state index is -0.768. The van der Waals surface area contributed by atoms with Crippen molar-refractivity contribution >= 4 is 6.09 Å². The van der Waals surface area contributed by atoms with E-state index < -0.39 is 11.2 Å². The molecule has 25 heavy (non-hydrogen) atoms. The van der Waals surface area contributed by atoms with Gasteiger partial charge in [0.25, 0.3) is 0 Å². The maximum absolute atomic E-state index is 12.2. The lowest BCUT2D eigenvalue weighted by Gasteiger charge is -2.48. The number of hydrogen-bond acceptors (Lipinski definition) is 3. The second-order valence-electron chi connectivity index (χ2n) is 9.32. The highest BCUT2D eigenvalue weighted by Crippen LogP contribution is 2.54. The Morgan fingerprint density at radius 3 is 2.28 bits per heavy atom. The van der Waals surface area contributed by atoms with E-state index in [1.807, 2.05) is 20.8 Å². The Morgan fingerprint density at radius 1 is 1.16 bits per heavy atom. The van der Waals surface area contributed by atoms with Crippen LogP contribution in [-0.2, 0) is 10.3 Å². The van der Waals surface area contributed by atoms with Crippen molar-refractivity contribution in [2.24, 2.45) is 5.41 Å². The molecule has 1 saturated heterocycles. The summed E-state index contributed by atoms with van der Waals surface area (Å²) >= 11 is 0. The molecule has 2 aliphatic rings. The molecule has 1 aliphatic carbocycles. The van der Waals surface area contributed by atoms with E-state index in [0.29, 0.717) is 19.0 Å². The molecule has 0 aromatic heterocycles. The van der Waals surface area contributed by atoms with Gasteiger partial charge in [-0.25, -0.2) is 4.79 Å². The van der Waals surface area contributed by atoms with Gasteiger partial charge in [0.05, 0.1) is 5.60 Å². The number of benzene rings is 1. The smallest absolute Gasteiger partial charge is 0.410 e. The second kappa shape index (κ2) is 6.01. The van der Waals surface area contributed by atoms with Crippen LogP contribution in [0.5, 0.6) is 0 Å². The van der Waals surface area contributed by atoms with Crippen LogP contribution in [0.4, 0.5) is 4.79 Å². The molecule has 1 aromatic rings. The monoisotopic (exact) mass is 345 g/mol. The molecule has 3 rings (SSSR count). The van der Waals surface area contributed by atoms with E-state index in [-0.39, 0.29) is 11.5 Å². The fourth-order valence-electron chi connectivity index (χ4n) is 4.18. The molecule has 1 atom stereocenters. The molecule has 1 saturated carbocycles. The van der Waals surface area contributed by atoms with Crippen molar-refractivity contribution in [2.75, 3.05) is 13.1 Å². The van der Waals surface area contributed by atoms with E-state index in [4.69, 9.17) is 4.74 Å². The van der Waals surface area contributed by atoms with Gasteiger partial charge >= 0.3 is 6.09 Å². The third-order valence-corrected chi connectivity index (χ3v) is 5.56. The predicted octanol–water partition coefficient (Wildman–Crippen LogP) is 4.42. The zero-order valence-electron chi connectivity index (χ0n) is 16.1. The lowest BCUT2D eigenvalue weighted by Crippen LogP contribution is -2.58. The first-order valence-electron chi connectivity index (χ1n) is 9.33. The van der Waals surface area contributed by atoms with Crippen molar-refractivity contribution in [1.82, 2.24) is 4.90 Å². The highest BCUT2D eigenvalue weighted by atomic mass is 16.6. The molecule has 1 heterocycles. The van der Waals surface area contributed by atoms with Crippen molar-refractivity contribution in [1.29, 1.82) is 0 Å². The summed E-state index contributed by atoms with van der Waals surface area (Å²) in [4.78, 5) is 13.9. The van der Waals surface area contributed by atoms with Gasteiger partial charge in [-0.3, -0.25) is 0 Å². The molecule has 2 fully saturated rings. The molecule has 0 radical (unpaired) electrons. The van der Waals surface area contributed by atoms with Crippen LogP contribution in [-0.4, -0.2) is 34.8 Å². The number of carbonyl (C=O) groups is 1. The van der Waals surface area contributed by atoms with Gasteiger partial charge in [-0.1, -0.05) is 38.1 Å². The van der Waals surface area contributed by atoms with Crippen molar-refractivity contribution in [3.8, 4) is 0 Å². The number of carbonyl (C=O) groups excluding carboxylic acids is 1. The summed E-state index contributed by atoms with van der Waals surface area (Å²) in [5, 5.41) is 11.2. The number of likely N-dealkylation sites (tertiary alicyclic amines) is 1. The van der Waals surface area contributed by atoms with Crippen molar-refractivity contribution in [2.45, 2.75) is 71.0 Å². The normalized spacial score (nSPS) is 25.3. The number of nitrogens with zero attached hydrogens (tertiary/aromatic N) is 1. The van der Waals surface area contributed by atoms with E-state index in [1.165, 1.54) is 5.56 Å². The van der Waals surface area contributed by atoms with Crippen molar-refractivity contribution in [3.05, 3.63) is 35.4 Å². The van der Waals surface area contributed by atoms with Gasteiger partial charge in [0.1, 0.15) is 5.60 Å². The summed E-state index contributed by atoms with van der Waals surface area (Å²) in [7, 11) is 0. The van der Waals surface area contributed by atoms with Crippen LogP contribution in [0.3, 0.4) is 0 Å². The van der Waals surface area contributed by atoms with Gasteiger partial charge in [-0.2, -0.15) is 0 Å². The first kappa shape index (κ1) is 18.2. The number of hydrogen-bond donors (Lipinski definition) is 1. The van der Waals surface area contributed by atoms with Crippen LogP contribution >= 0.6 is 0 Å². The third-order valence-electron chi connectivity index (χ3n) is 5.56. The fourth-order valence-corrected chi connectivity index (χ4v) is 4.18. The SMILES string of the molecule is CC(C)c1ccc(C2(O)CCC3(CN(C(=O)OC(C)(C)C)C3)C2)cc1. The maximum atomic E-state index is 12.2. The van der Waals surface area contributed by atoms with Crippen LogP contribution in [0.1, 0.15) is 70.9 Å². The van der Waals surface area contributed by atoms with Crippen LogP contribution in [0.25, 0.3) is 0 Å². The molecule has 0 bridgehead atoms. The molecule has 1 aliphatic heterocycles. The molecule has 1 N–H and O–H groups in total. The largest absolute Gasteiger partial charge is 0.444 e. The van der Waals surface area contributed by atoms with Crippen molar-refractivity contribution < 1.29 is 14.6 Å². The van der Waals surface area contributed by atoms with Gasteiger partial charge in [0, 0.05) is 18.5 Å². The van der Waals surface area contributed by atoms with E-state index in [2.05, 4.69) is 38.1 Å². The zero-order chi connectivity index (χ0) is 18.5. The number of amides is 1. The van der Waals surface area contributed by atoms with Gasteiger partial charge in [-0.15, -0.1) is 0 Å². The van der Waals surface area contributed by atoms with Crippen LogP contribution in [0, 0.1) is 5.41 Å². The molecule has 1 amide bonds. The molecule has 138 valence electrons. The summed E-state index contributed by atoms with van der Waals surface area (Å²) in [5.41, 5.74) is 1.11. The number of ether oxygens (including phenoxy) is 1. The van der Waals surface area contributed by atoms with Crippen LogP contribution in [0.2, 0.25) is 0 Å². The minimum absolute atomic E-state index is 0.0440. The van der Waals surface area contributed by atoms with E-state index in [1.54, 1.807) is 4.90 Å². The number of rotatable bonds is 2. The Morgan fingerprint density at radius 2 is 1.76 bits per heavy atom. The molecular weight excluding hydrogens is 314 g/mol. The zero-order valence-corrected chi connectivity index (χ0v) is 16.1. The van der Waals surface area contributed by atoms with Crippen LogP contribution < -0.4 is 0 Å². The standard InChI is InChI=1S/C21H31NO3/c1-15(2)16-6-8-17(9-7-16)21(24)11-10-20(12-21)13-22(14-20)18(23)25-19(3,4)5/h6-9,15,24H,10-14H2,1-5H3. The van der Waals surface area contributed by atoms with E-state index >= 15 is 0 Å². The summed E-state index contributed by atoms with van der Waals surface area (Å²) in [6.45, 7) is 11.4. The summed E-state index contributed by atoms with van der Waals surface area (Å²) in [6, 6.07) is 8.38. The first-order chi connectivity index (χ1) is 11.5. The molecule has 4 nitrogen and oxygen atoms in total. The Labute approximate surface area is 151 Å². The molecular formula is C21H31NO3. The fraction of sp³-hybridized carbons (Fsp3) is 0.667. The Hall–Kier alpha value is -1.55. The molecule has 1 unspecified atom stereocenters. The second-order valence-corrected chi connectivity index (χ2v) is 9.32. The van der Waals surface area contributed by atoms with Gasteiger partial charge in [-0.05, 0) is 57.1 Å². The molecule has 1 aromatic carbocycles. The Kier molecular flexibility index (Phi) is 4.39. The third kappa shape index (κ3) is 3.69. The van der Waals surface area contributed by atoms with Gasteiger partial charge < -0.3 is 14.7 Å². The minimum Gasteiger partial charge on any atom is -0.444 e. The predicted molar refractivity (Wildman–Crippen MR) is 98.5 cm³/mol. The quantitative estimate of drug-likeness (QED) is 0.863. The first-order valence-corrected chi connectivity index (χ1v) is 9.33. The maximum Gasteiger partial charge on any atom is 0.410 e. The lowest BCUT2D eigenvalue weighted by atomic mass is 9.76. The lowest BCUT2D eigenvalue weighted by molar-refractivity contribution is -0.0478. The van der Waals surface area contributed by atoms with Crippen molar-refractivity contribution in [3.63, 3.8) is 0 Å². The van der Waals surface area contributed by atoms with E-state index in [0.717, 1.165) is 24.8 Å². The van der Waals surface area contributed by atoms with E-state index in [9.17, 15) is 9.90 Å². The van der Waals surface area contributed by atoms with Gasteiger partial charge in [0.15, 0.2) is 0 Å². The highest BCUT2D eigenvalue weighted by Gasteiger charge is 2.55. The number of aliphatic hydroxyl groups is 1. The summed E-state index contributed by atoms with van der Waals surface area (Å²) < 4.78 is 5.44. The highest BCUT2D eigenvalue weighted by molar-refractivity contribution is 5.69. The average molecular weight is 345 g/mol. The summed E-state index contributed by atoms with van der Waals surface area (Å²) in [6.07, 6.45) is 2.19. The molecule has 1 spiro atoms. The van der Waals surface area contributed by atoms with Gasteiger partial charge in [0.2, 0.25) is 0 Å². The Balaban J connectivity index is 1.63. The average Bonchev–Trinajstić information content (AvgIpc) is 2.84. The topological polar surface area (TPSA) is 49.8 Å².